The molecule has 5 heteroatoms. The summed E-state index contributed by atoms with van der Waals surface area (Å²) in [4.78, 5) is 12.0. The van der Waals surface area contributed by atoms with Gasteiger partial charge in [-0.1, -0.05) is 6.07 Å². The molecule has 0 spiro atoms. The molecule has 0 bridgehead atoms. The van der Waals surface area contributed by atoms with Crippen LogP contribution in [0, 0.1) is 12.7 Å². The van der Waals surface area contributed by atoms with Crippen LogP contribution in [-0.2, 0) is 4.74 Å². The van der Waals surface area contributed by atoms with E-state index in [9.17, 15) is 9.18 Å². The molecule has 17 heavy (non-hydrogen) atoms. The molecular formula is C12H13BrFNO2. The zero-order valence-corrected chi connectivity index (χ0v) is 11.0. The second-order valence-corrected chi connectivity index (χ2v) is 4.88. The SMILES string of the molecule is Cc1ccc(F)c(C(=O)NC2CCOC2)c1Br. The molecule has 0 aromatic heterocycles. The van der Waals surface area contributed by atoms with Gasteiger partial charge in [-0.2, -0.15) is 0 Å². The predicted molar refractivity (Wildman–Crippen MR) is 65.5 cm³/mol. The number of carbonyl (C=O) groups is 1. The third-order valence-corrected chi connectivity index (χ3v) is 3.80. The lowest BCUT2D eigenvalue weighted by Crippen LogP contribution is -2.35. The van der Waals surface area contributed by atoms with Crippen LogP contribution >= 0.6 is 15.9 Å². The van der Waals surface area contributed by atoms with Gasteiger partial charge >= 0.3 is 0 Å². The van der Waals surface area contributed by atoms with Gasteiger partial charge in [-0.15, -0.1) is 0 Å². The summed E-state index contributed by atoms with van der Waals surface area (Å²) in [6.07, 6.45) is 0.775. The van der Waals surface area contributed by atoms with Gasteiger partial charge in [-0.3, -0.25) is 4.79 Å². The fourth-order valence-corrected chi connectivity index (χ4v) is 2.27. The molecule has 1 N–H and O–H groups in total. The highest BCUT2D eigenvalue weighted by Gasteiger charge is 2.22. The highest BCUT2D eigenvalue weighted by Crippen LogP contribution is 2.24. The number of aryl methyl sites for hydroxylation is 1. The molecule has 0 radical (unpaired) electrons. The Balaban J connectivity index is 2.21. The Morgan fingerprint density at radius 1 is 1.59 bits per heavy atom. The molecule has 0 aliphatic carbocycles. The molecular weight excluding hydrogens is 289 g/mol. The Hall–Kier alpha value is -0.940. The van der Waals surface area contributed by atoms with Gasteiger partial charge in [-0.25, -0.2) is 4.39 Å². The maximum Gasteiger partial charge on any atom is 0.255 e. The average Bonchev–Trinajstić information content (AvgIpc) is 2.77. The number of hydrogen-bond acceptors (Lipinski definition) is 2. The molecule has 1 fully saturated rings. The molecule has 3 nitrogen and oxygen atoms in total. The largest absolute Gasteiger partial charge is 0.379 e. The molecule has 1 aliphatic rings. The Kier molecular flexibility index (Phi) is 3.79. The van der Waals surface area contributed by atoms with E-state index in [0.29, 0.717) is 17.7 Å². The van der Waals surface area contributed by atoms with Crippen molar-refractivity contribution in [3.05, 3.63) is 33.5 Å². The molecule has 1 saturated heterocycles. The van der Waals surface area contributed by atoms with Crippen LogP contribution in [-0.4, -0.2) is 25.2 Å². The molecule has 0 saturated carbocycles. The van der Waals surface area contributed by atoms with Gasteiger partial charge in [0.15, 0.2) is 0 Å². The molecule has 1 heterocycles. The number of halogens is 2. The summed E-state index contributed by atoms with van der Waals surface area (Å²) >= 11 is 3.25. The first-order valence-corrected chi connectivity index (χ1v) is 6.22. The van der Waals surface area contributed by atoms with Gasteiger partial charge in [0.2, 0.25) is 0 Å². The summed E-state index contributed by atoms with van der Waals surface area (Å²) in [6, 6.07) is 2.92. The van der Waals surface area contributed by atoms with Crippen LogP contribution in [0.1, 0.15) is 22.3 Å². The fraction of sp³-hybridized carbons (Fsp3) is 0.417. The van der Waals surface area contributed by atoms with E-state index in [1.807, 2.05) is 6.92 Å². The van der Waals surface area contributed by atoms with Crippen LogP contribution in [0.4, 0.5) is 4.39 Å². The number of benzene rings is 1. The van der Waals surface area contributed by atoms with Crippen molar-refractivity contribution in [2.45, 2.75) is 19.4 Å². The maximum atomic E-state index is 13.6. The molecule has 1 unspecified atom stereocenters. The van der Waals surface area contributed by atoms with Gasteiger partial charge in [0, 0.05) is 11.1 Å². The number of nitrogens with one attached hydrogen (secondary N) is 1. The van der Waals surface area contributed by atoms with Crippen LogP contribution in [0.2, 0.25) is 0 Å². The normalized spacial score (nSPS) is 19.4. The first-order chi connectivity index (χ1) is 8.09. The molecule has 1 atom stereocenters. The molecule has 1 aromatic rings. The molecule has 1 amide bonds. The topological polar surface area (TPSA) is 38.3 Å². The number of amides is 1. The molecule has 1 aliphatic heterocycles. The fourth-order valence-electron chi connectivity index (χ4n) is 1.77. The van der Waals surface area contributed by atoms with Gasteiger partial charge in [0.25, 0.3) is 5.91 Å². The Morgan fingerprint density at radius 3 is 3.00 bits per heavy atom. The van der Waals surface area contributed by atoms with Crippen molar-refractivity contribution in [3.63, 3.8) is 0 Å². The zero-order valence-electron chi connectivity index (χ0n) is 9.43. The van der Waals surface area contributed by atoms with E-state index in [1.54, 1.807) is 6.07 Å². The van der Waals surface area contributed by atoms with Gasteiger partial charge in [0.1, 0.15) is 5.82 Å². The van der Waals surface area contributed by atoms with Crippen LogP contribution in [0.15, 0.2) is 16.6 Å². The van der Waals surface area contributed by atoms with Crippen molar-refractivity contribution in [2.24, 2.45) is 0 Å². The Labute approximate surface area is 107 Å². The lowest BCUT2D eigenvalue weighted by molar-refractivity contribution is 0.0925. The minimum Gasteiger partial charge on any atom is -0.379 e. The lowest BCUT2D eigenvalue weighted by atomic mass is 10.1. The first kappa shape index (κ1) is 12.5. The van der Waals surface area contributed by atoms with Gasteiger partial charge in [-0.05, 0) is 40.9 Å². The van der Waals surface area contributed by atoms with E-state index in [4.69, 9.17) is 4.74 Å². The highest BCUT2D eigenvalue weighted by atomic mass is 79.9. The quantitative estimate of drug-likeness (QED) is 0.911. The van der Waals surface area contributed by atoms with Crippen LogP contribution in [0.5, 0.6) is 0 Å². The number of hydrogen-bond donors (Lipinski definition) is 1. The van der Waals surface area contributed by atoms with E-state index in [-0.39, 0.29) is 11.6 Å². The van der Waals surface area contributed by atoms with Crippen LogP contribution in [0.25, 0.3) is 0 Å². The molecule has 92 valence electrons. The van der Waals surface area contributed by atoms with E-state index in [1.165, 1.54) is 6.07 Å². The zero-order chi connectivity index (χ0) is 12.4. The van der Waals surface area contributed by atoms with Crippen molar-refractivity contribution in [1.29, 1.82) is 0 Å². The molecule has 1 aromatic carbocycles. The smallest absolute Gasteiger partial charge is 0.255 e. The van der Waals surface area contributed by atoms with Crippen molar-refractivity contribution >= 4 is 21.8 Å². The molecule has 2 rings (SSSR count). The number of carbonyl (C=O) groups excluding carboxylic acids is 1. The summed E-state index contributed by atoms with van der Waals surface area (Å²) < 4.78 is 19.3. The summed E-state index contributed by atoms with van der Waals surface area (Å²) in [7, 11) is 0. The number of rotatable bonds is 2. The summed E-state index contributed by atoms with van der Waals surface area (Å²) in [5, 5.41) is 2.77. The Bertz CT molecular complexity index is 444. The second-order valence-electron chi connectivity index (χ2n) is 4.09. The first-order valence-electron chi connectivity index (χ1n) is 5.43. The third kappa shape index (κ3) is 2.66. The predicted octanol–water partition coefficient (Wildman–Crippen LogP) is 2.42. The van der Waals surface area contributed by atoms with Crippen molar-refractivity contribution in [1.82, 2.24) is 5.32 Å². The van der Waals surface area contributed by atoms with Gasteiger partial charge < -0.3 is 10.1 Å². The van der Waals surface area contributed by atoms with Crippen LogP contribution in [0.3, 0.4) is 0 Å². The van der Waals surface area contributed by atoms with E-state index < -0.39 is 11.7 Å². The monoisotopic (exact) mass is 301 g/mol. The van der Waals surface area contributed by atoms with Gasteiger partial charge in [0.05, 0.1) is 18.2 Å². The lowest BCUT2D eigenvalue weighted by Gasteiger charge is -2.13. The maximum absolute atomic E-state index is 13.6. The van der Waals surface area contributed by atoms with Crippen molar-refractivity contribution in [3.8, 4) is 0 Å². The third-order valence-electron chi connectivity index (χ3n) is 2.78. The number of ether oxygens (including phenoxy) is 1. The minimum absolute atomic E-state index is 0.0192. The second kappa shape index (κ2) is 5.14. The van der Waals surface area contributed by atoms with Crippen molar-refractivity contribution in [2.75, 3.05) is 13.2 Å². The van der Waals surface area contributed by atoms with E-state index in [0.717, 1.165) is 12.0 Å². The summed E-state index contributed by atoms with van der Waals surface area (Å²) in [5.74, 6) is -0.910. The van der Waals surface area contributed by atoms with E-state index in [2.05, 4.69) is 21.2 Å². The van der Waals surface area contributed by atoms with E-state index >= 15 is 0 Å². The highest BCUT2D eigenvalue weighted by molar-refractivity contribution is 9.10. The van der Waals surface area contributed by atoms with Crippen molar-refractivity contribution < 1.29 is 13.9 Å². The van der Waals surface area contributed by atoms with Crippen LogP contribution < -0.4 is 5.32 Å². The standard InChI is InChI=1S/C12H13BrFNO2/c1-7-2-3-9(14)10(11(7)13)12(16)15-8-4-5-17-6-8/h2-3,8H,4-6H2,1H3,(H,15,16). The average molecular weight is 302 g/mol. The minimum atomic E-state index is -0.515. The summed E-state index contributed by atoms with van der Waals surface area (Å²) in [5.41, 5.74) is 0.899. The Morgan fingerprint density at radius 2 is 2.35 bits per heavy atom. The summed E-state index contributed by atoms with van der Waals surface area (Å²) in [6.45, 7) is 2.96.